The monoisotopic (exact) mass is 222 g/mol. The van der Waals surface area contributed by atoms with Crippen molar-refractivity contribution in [1.29, 1.82) is 0 Å². The summed E-state index contributed by atoms with van der Waals surface area (Å²) < 4.78 is 0. The lowest BCUT2D eigenvalue weighted by atomic mass is 10.1. The predicted molar refractivity (Wildman–Crippen MR) is 68.7 cm³/mol. The molecule has 0 aliphatic heterocycles. The molecular weight excluding hydrogens is 204 g/mol. The number of benzene rings is 1. The standard InChI is InChI=1S/C12H18N2S/c1-3-4-9-14(13)12(15)11-7-5-10(2)6-8-11/h5-8H,3-4,9,13H2,1-2H3. The molecule has 0 saturated carbocycles. The summed E-state index contributed by atoms with van der Waals surface area (Å²) in [5.41, 5.74) is 2.26. The van der Waals surface area contributed by atoms with Crippen molar-refractivity contribution in [2.75, 3.05) is 6.54 Å². The molecule has 0 aliphatic carbocycles. The van der Waals surface area contributed by atoms with E-state index in [2.05, 4.69) is 26.0 Å². The summed E-state index contributed by atoms with van der Waals surface area (Å²) in [4.78, 5) is 0.725. The van der Waals surface area contributed by atoms with Gasteiger partial charge in [-0.2, -0.15) is 0 Å². The fourth-order valence-corrected chi connectivity index (χ4v) is 1.52. The largest absolute Gasteiger partial charge is 0.301 e. The third-order valence-corrected chi connectivity index (χ3v) is 2.78. The summed E-state index contributed by atoms with van der Waals surface area (Å²) in [5.74, 6) is 5.87. The molecule has 3 heteroatoms. The number of aryl methyl sites for hydroxylation is 1. The molecule has 82 valence electrons. The van der Waals surface area contributed by atoms with E-state index in [0.29, 0.717) is 0 Å². The van der Waals surface area contributed by atoms with Crippen LogP contribution in [0, 0.1) is 6.92 Å². The smallest absolute Gasteiger partial charge is 0.123 e. The maximum atomic E-state index is 5.87. The van der Waals surface area contributed by atoms with Crippen LogP contribution in [0.3, 0.4) is 0 Å². The van der Waals surface area contributed by atoms with Crippen molar-refractivity contribution < 1.29 is 0 Å². The fourth-order valence-electron chi connectivity index (χ4n) is 1.29. The predicted octanol–water partition coefficient (Wildman–Crippen LogP) is 2.65. The van der Waals surface area contributed by atoms with E-state index >= 15 is 0 Å². The van der Waals surface area contributed by atoms with E-state index < -0.39 is 0 Å². The van der Waals surface area contributed by atoms with Crippen molar-refractivity contribution in [3.63, 3.8) is 0 Å². The zero-order valence-corrected chi connectivity index (χ0v) is 10.2. The SMILES string of the molecule is CCCCN(N)C(=S)c1ccc(C)cc1. The average Bonchev–Trinajstić information content (AvgIpc) is 2.26. The first-order valence-electron chi connectivity index (χ1n) is 5.28. The Kier molecular flexibility index (Phi) is 4.72. The van der Waals surface area contributed by atoms with Crippen LogP contribution in [0.1, 0.15) is 30.9 Å². The molecule has 0 fully saturated rings. The van der Waals surface area contributed by atoms with Crippen molar-refractivity contribution in [3.05, 3.63) is 35.4 Å². The number of rotatable bonds is 4. The van der Waals surface area contributed by atoms with Crippen LogP contribution in [0.25, 0.3) is 0 Å². The van der Waals surface area contributed by atoms with E-state index in [1.807, 2.05) is 12.1 Å². The Bertz CT molecular complexity index is 319. The van der Waals surface area contributed by atoms with Gasteiger partial charge in [-0.3, -0.25) is 0 Å². The molecule has 0 radical (unpaired) electrons. The number of hydrazine groups is 1. The summed E-state index contributed by atoms with van der Waals surface area (Å²) >= 11 is 5.30. The van der Waals surface area contributed by atoms with Crippen LogP contribution in [0.4, 0.5) is 0 Å². The molecule has 1 aromatic rings. The second-order valence-electron chi connectivity index (χ2n) is 3.72. The van der Waals surface area contributed by atoms with Gasteiger partial charge in [0.2, 0.25) is 0 Å². The van der Waals surface area contributed by atoms with Gasteiger partial charge in [-0.25, -0.2) is 5.84 Å². The molecule has 0 aliphatic rings. The minimum Gasteiger partial charge on any atom is -0.301 e. The Hall–Kier alpha value is -0.930. The Balaban J connectivity index is 2.63. The molecule has 1 aromatic carbocycles. The van der Waals surface area contributed by atoms with Crippen LogP contribution in [0.2, 0.25) is 0 Å². The van der Waals surface area contributed by atoms with Crippen LogP contribution < -0.4 is 5.84 Å². The topological polar surface area (TPSA) is 29.3 Å². The van der Waals surface area contributed by atoms with Gasteiger partial charge in [-0.05, 0) is 13.3 Å². The lowest BCUT2D eigenvalue weighted by molar-refractivity contribution is 0.434. The van der Waals surface area contributed by atoms with Gasteiger partial charge in [0.15, 0.2) is 0 Å². The number of unbranched alkanes of at least 4 members (excludes halogenated alkanes) is 1. The molecular formula is C12H18N2S. The molecule has 0 unspecified atom stereocenters. The van der Waals surface area contributed by atoms with Gasteiger partial charge in [-0.1, -0.05) is 55.4 Å². The normalized spacial score (nSPS) is 10.1. The fraction of sp³-hybridized carbons (Fsp3) is 0.417. The maximum Gasteiger partial charge on any atom is 0.123 e. The van der Waals surface area contributed by atoms with E-state index in [4.69, 9.17) is 18.1 Å². The molecule has 2 nitrogen and oxygen atoms in total. The Morgan fingerprint density at radius 1 is 1.33 bits per heavy atom. The van der Waals surface area contributed by atoms with Crippen LogP contribution in [0.15, 0.2) is 24.3 Å². The van der Waals surface area contributed by atoms with E-state index in [-0.39, 0.29) is 0 Å². The second kappa shape index (κ2) is 5.83. The third kappa shape index (κ3) is 3.61. The second-order valence-corrected chi connectivity index (χ2v) is 4.10. The Morgan fingerprint density at radius 2 is 1.93 bits per heavy atom. The number of hydrogen-bond acceptors (Lipinski definition) is 2. The molecule has 2 N–H and O–H groups in total. The van der Waals surface area contributed by atoms with Crippen LogP contribution in [-0.2, 0) is 0 Å². The van der Waals surface area contributed by atoms with Crippen LogP contribution >= 0.6 is 12.2 Å². The van der Waals surface area contributed by atoms with Crippen molar-refractivity contribution in [3.8, 4) is 0 Å². The molecule has 0 bridgehead atoms. The average molecular weight is 222 g/mol. The first-order valence-corrected chi connectivity index (χ1v) is 5.69. The molecule has 0 amide bonds. The highest BCUT2D eigenvalue weighted by atomic mass is 32.1. The van der Waals surface area contributed by atoms with Gasteiger partial charge in [0.1, 0.15) is 4.99 Å². The lowest BCUT2D eigenvalue weighted by Crippen LogP contribution is -2.37. The molecule has 1 rings (SSSR count). The van der Waals surface area contributed by atoms with Gasteiger partial charge in [0, 0.05) is 12.1 Å². The van der Waals surface area contributed by atoms with Crippen molar-refractivity contribution in [2.45, 2.75) is 26.7 Å². The summed E-state index contributed by atoms with van der Waals surface area (Å²) in [5, 5.41) is 1.66. The minimum absolute atomic E-state index is 0.725. The molecule has 0 heterocycles. The Labute approximate surface area is 97.0 Å². The number of nitrogens with zero attached hydrogens (tertiary/aromatic N) is 1. The lowest BCUT2D eigenvalue weighted by Gasteiger charge is -2.19. The summed E-state index contributed by atoms with van der Waals surface area (Å²) in [6.07, 6.45) is 2.20. The van der Waals surface area contributed by atoms with E-state index in [1.165, 1.54) is 5.56 Å². The summed E-state index contributed by atoms with van der Waals surface area (Å²) in [6.45, 7) is 5.02. The maximum absolute atomic E-state index is 5.87. The molecule has 0 atom stereocenters. The highest BCUT2D eigenvalue weighted by Crippen LogP contribution is 2.07. The zero-order chi connectivity index (χ0) is 11.3. The Morgan fingerprint density at radius 3 is 2.47 bits per heavy atom. The van der Waals surface area contributed by atoms with Gasteiger partial charge in [0.05, 0.1) is 0 Å². The molecule has 15 heavy (non-hydrogen) atoms. The van der Waals surface area contributed by atoms with Crippen molar-refractivity contribution in [2.24, 2.45) is 5.84 Å². The van der Waals surface area contributed by atoms with Crippen molar-refractivity contribution >= 4 is 17.2 Å². The zero-order valence-electron chi connectivity index (χ0n) is 9.36. The van der Waals surface area contributed by atoms with Gasteiger partial charge < -0.3 is 5.01 Å². The van der Waals surface area contributed by atoms with Gasteiger partial charge >= 0.3 is 0 Å². The van der Waals surface area contributed by atoms with E-state index in [9.17, 15) is 0 Å². The van der Waals surface area contributed by atoms with Gasteiger partial charge in [-0.15, -0.1) is 0 Å². The van der Waals surface area contributed by atoms with Gasteiger partial charge in [0.25, 0.3) is 0 Å². The molecule has 0 saturated heterocycles. The summed E-state index contributed by atoms with van der Waals surface area (Å²) in [6, 6.07) is 8.14. The number of hydrogen-bond donors (Lipinski definition) is 1. The highest BCUT2D eigenvalue weighted by molar-refractivity contribution is 7.80. The van der Waals surface area contributed by atoms with Crippen LogP contribution in [-0.4, -0.2) is 16.5 Å². The first kappa shape index (κ1) is 12.1. The minimum atomic E-state index is 0.725. The van der Waals surface area contributed by atoms with Crippen molar-refractivity contribution in [1.82, 2.24) is 5.01 Å². The van der Waals surface area contributed by atoms with E-state index in [1.54, 1.807) is 5.01 Å². The third-order valence-electron chi connectivity index (χ3n) is 2.31. The molecule has 0 spiro atoms. The highest BCUT2D eigenvalue weighted by Gasteiger charge is 2.06. The first-order chi connectivity index (χ1) is 7.15. The summed E-state index contributed by atoms with van der Waals surface area (Å²) in [7, 11) is 0. The number of thiocarbonyl (C=S) groups is 1. The van der Waals surface area contributed by atoms with E-state index in [0.717, 1.165) is 29.9 Å². The quantitative estimate of drug-likeness (QED) is 0.482. The molecule has 0 aromatic heterocycles. The number of nitrogens with two attached hydrogens (primary N) is 1. The van der Waals surface area contributed by atoms with Crippen LogP contribution in [0.5, 0.6) is 0 Å².